The molecule has 0 aromatic heterocycles. The third-order valence-electron chi connectivity index (χ3n) is 5.11. The topological polar surface area (TPSA) is 68.3 Å². The lowest BCUT2D eigenvalue weighted by molar-refractivity contribution is -0.140. The van der Waals surface area contributed by atoms with Crippen LogP contribution in [0.4, 0.5) is 5.69 Å². The molecule has 3 rings (SSSR count). The average molecular weight is 427 g/mol. The van der Waals surface area contributed by atoms with Crippen molar-refractivity contribution in [1.29, 1.82) is 0 Å². The third kappa shape index (κ3) is 5.69. The summed E-state index contributed by atoms with van der Waals surface area (Å²) in [7, 11) is 1.51. The minimum Gasteiger partial charge on any atom is -0.493 e. The van der Waals surface area contributed by atoms with Crippen LogP contribution in [0.3, 0.4) is 0 Å². The fraction of sp³-hybridized carbons (Fsp3) is 0.417. The van der Waals surface area contributed by atoms with Crippen LogP contribution in [0.25, 0.3) is 0 Å². The summed E-state index contributed by atoms with van der Waals surface area (Å²) in [5.74, 6) is 0.236. The molecule has 1 amide bonds. The number of hydrogen-bond donors (Lipinski definition) is 0. The van der Waals surface area contributed by atoms with E-state index in [0.717, 1.165) is 18.8 Å². The number of benzene rings is 2. The van der Waals surface area contributed by atoms with E-state index in [1.807, 2.05) is 32.0 Å². The lowest BCUT2D eigenvalue weighted by Crippen LogP contribution is -2.51. The van der Waals surface area contributed by atoms with Gasteiger partial charge in [-0.3, -0.25) is 4.79 Å². The molecule has 0 saturated carbocycles. The molecule has 0 bridgehead atoms. The highest BCUT2D eigenvalue weighted by Crippen LogP contribution is 2.29. The first-order valence-corrected chi connectivity index (χ1v) is 10.5. The molecule has 0 N–H and O–H groups in total. The molecule has 0 aliphatic carbocycles. The van der Waals surface area contributed by atoms with E-state index in [4.69, 9.17) is 14.2 Å². The van der Waals surface area contributed by atoms with Crippen molar-refractivity contribution in [2.75, 3.05) is 38.2 Å². The third-order valence-corrected chi connectivity index (χ3v) is 5.11. The van der Waals surface area contributed by atoms with Crippen molar-refractivity contribution in [3.05, 3.63) is 54.1 Å². The van der Waals surface area contributed by atoms with Crippen molar-refractivity contribution in [2.24, 2.45) is 0 Å². The predicted molar refractivity (Wildman–Crippen MR) is 119 cm³/mol. The first-order chi connectivity index (χ1) is 14.9. The first-order valence-electron chi connectivity index (χ1n) is 10.5. The van der Waals surface area contributed by atoms with Crippen molar-refractivity contribution in [2.45, 2.75) is 33.0 Å². The zero-order valence-corrected chi connectivity index (χ0v) is 18.5. The van der Waals surface area contributed by atoms with Gasteiger partial charge in [-0.25, -0.2) is 4.79 Å². The average Bonchev–Trinajstić information content (AvgIpc) is 2.79. The fourth-order valence-electron chi connectivity index (χ4n) is 3.51. The zero-order chi connectivity index (χ0) is 22.4. The van der Waals surface area contributed by atoms with E-state index in [9.17, 15) is 9.59 Å². The Bertz CT molecular complexity index is 892. The van der Waals surface area contributed by atoms with Crippen LogP contribution in [0.2, 0.25) is 0 Å². The largest absolute Gasteiger partial charge is 0.493 e. The van der Waals surface area contributed by atoms with Crippen LogP contribution in [-0.2, 0) is 9.53 Å². The smallest absolute Gasteiger partial charge is 0.339 e. The SMILES string of the molecule is COc1cc(C(=O)OC(C)C(=O)N2CCN(c3ccccc3)CC2)ccc1OC(C)C. The molecule has 31 heavy (non-hydrogen) atoms. The number of rotatable bonds is 7. The number of amides is 1. The number of piperazine rings is 1. The Labute approximate surface area is 183 Å². The van der Waals surface area contributed by atoms with Crippen LogP contribution in [0.15, 0.2) is 48.5 Å². The van der Waals surface area contributed by atoms with E-state index in [1.165, 1.54) is 7.11 Å². The number of anilines is 1. The summed E-state index contributed by atoms with van der Waals surface area (Å²) in [4.78, 5) is 29.4. The minimum absolute atomic E-state index is 0.0216. The van der Waals surface area contributed by atoms with Gasteiger partial charge in [0.25, 0.3) is 5.91 Å². The molecule has 7 heteroatoms. The number of hydrogen-bond acceptors (Lipinski definition) is 6. The van der Waals surface area contributed by atoms with Gasteiger partial charge in [-0.15, -0.1) is 0 Å². The number of nitrogens with zero attached hydrogens (tertiary/aromatic N) is 2. The van der Waals surface area contributed by atoms with Gasteiger partial charge in [0.05, 0.1) is 18.8 Å². The van der Waals surface area contributed by atoms with Crippen LogP contribution < -0.4 is 14.4 Å². The van der Waals surface area contributed by atoms with E-state index >= 15 is 0 Å². The van der Waals surface area contributed by atoms with Crippen molar-refractivity contribution in [1.82, 2.24) is 4.90 Å². The molecule has 0 radical (unpaired) electrons. The molecule has 2 aromatic carbocycles. The van der Waals surface area contributed by atoms with Gasteiger partial charge in [-0.1, -0.05) is 18.2 Å². The minimum atomic E-state index is -0.867. The molecule has 166 valence electrons. The second-order valence-electron chi connectivity index (χ2n) is 7.73. The summed E-state index contributed by atoms with van der Waals surface area (Å²) in [6.07, 6.45) is -0.889. The van der Waals surface area contributed by atoms with E-state index in [0.29, 0.717) is 30.2 Å². The van der Waals surface area contributed by atoms with Crippen molar-refractivity contribution < 1.29 is 23.8 Å². The van der Waals surface area contributed by atoms with Crippen LogP contribution in [0.1, 0.15) is 31.1 Å². The van der Waals surface area contributed by atoms with Gasteiger partial charge in [0.2, 0.25) is 0 Å². The molecule has 1 fully saturated rings. The van der Waals surface area contributed by atoms with E-state index in [1.54, 1.807) is 30.0 Å². The molecule has 1 aliphatic rings. The van der Waals surface area contributed by atoms with E-state index in [2.05, 4.69) is 17.0 Å². The summed E-state index contributed by atoms with van der Waals surface area (Å²) in [6.45, 7) is 8.09. The second-order valence-corrected chi connectivity index (χ2v) is 7.73. The maximum atomic E-state index is 12.8. The zero-order valence-electron chi connectivity index (χ0n) is 18.5. The summed E-state index contributed by atoms with van der Waals surface area (Å²) in [5.41, 5.74) is 1.45. The molecule has 1 atom stereocenters. The summed E-state index contributed by atoms with van der Waals surface area (Å²) < 4.78 is 16.4. The Hall–Kier alpha value is -3.22. The second kappa shape index (κ2) is 10.2. The molecule has 1 unspecified atom stereocenters. The number of para-hydroxylation sites is 1. The highest BCUT2D eigenvalue weighted by Gasteiger charge is 2.28. The van der Waals surface area contributed by atoms with E-state index in [-0.39, 0.29) is 12.0 Å². The van der Waals surface area contributed by atoms with Gasteiger partial charge in [-0.2, -0.15) is 0 Å². The number of carbonyl (C=O) groups excluding carboxylic acids is 2. The Morgan fingerprint density at radius 3 is 2.19 bits per heavy atom. The first kappa shape index (κ1) is 22.5. The quantitative estimate of drug-likeness (QED) is 0.633. The molecule has 7 nitrogen and oxygen atoms in total. The van der Waals surface area contributed by atoms with Gasteiger partial charge in [0.15, 0.2) is 17.6 Å². The maximum Gasteiger partial charge on any atom is 0.339 e. The van der Waals surface area contributed by atoms with Gasteiger partial charge >= 0.3 is 5.97 Å². The molecular weight excluding hydrogens is 396 g/mol. The van der Waals surface area contributed by atoms with Gasteiger partial charge in [-0.05, 0) is 51.1 Å². The highest BCUT2D eigenvalue weighted by atomic mass is 16.5. The fourth-order valence-corrected chi connectivity index (χ4v) is 3.51. The lowest BCUT2D eigenvalue weighted by atomic mass is 10.2. The molecule has 0 spiro atoms. The predicted octanol–water partition coefficient (Wildman–Crippen LogP) is 3.38. The lowest BCUT2D eigenvalue weighted by Gasteiger charge is -2.37. The summed E-state index contributed by atoms with van der Waals surface area (Å²) in [6, 6.07) is 15.0. The van der Waals surface area contributed by atoms with Gasteiger partial charge in [0.1, 0.15) is 0 Å². The van der Waals surface area contributed by atoms with Crippen LogP contribution in [-0.4, -0.2) is 62.3 Å². The van der Waals surface area contributed by atoms with Crippen LogP contribution in [0, 0.1) is 0 Å². The van der Waals surface area contributed by atoms with E-state index < -0.39 is 12.1 Å². The molecule has 2 aromatic rings. The standard InChI is InChI=1S/C24H30N2O5/c1-17(2)30-21-11-10-19(16-22(21)29-4)24(28)31-18(3)23(27)26-14-12-25(13-15-26)20-8-6-5-7-9-20/h5-11,16-18H,12-15H2,1-4H3. The number of methoxy groups -OCH3 is 1. The molecular formula is C24H30N2O5. The van der Waals surface area contributed by atoms with Crippen molar-refractivity contribution in [3.63, 3.8) is 0 Å². The Morgan fingerprint density at radius 1 is 0.903 bits per heavy atom. The Balaban J connectivity index is 1.56. The normalized spacial score (nSPS) is 14.9. The Kier molecular flexibility index (Phi) is 7.39. The van der Waals surface area contributed by atoms with Crippen LogP contribution >= 0.6 is 0 Å². The number of ether oxygens (including phenoxy) is 3. The molecule has 1 saturated heterocycles. The molecule has 1 heterocycles. The van der Waals surface area contributed by atoms with Crippen LogP contribution in [0.5, 0.6) is 11.5 Å². The van der Waals surface area contributed by atoms with Crippen molar-refractivity contribution in [3.8, 4) is 11.5 Å². The van der Waals surface area contributed by atoms with Gasteiger partial charge < -0.3 is 24.0 Å². The monoisotopic (exact) mass is 426 g/mol. The number of esters is 1. The maximum absolute atomic E-state index is 12.8. The summed E-state index contributed by atoms with van der Waals surface area (Å²) in [5, 5.41) is 0. The highest BCUT2D eigenvalue weighted by molar-refractivity contribution is 5.93. The van der Waals surface area contributed by atoms with Gasteiger partial charge in [0, 0.05) is 31.9 Å². The molecule has 1 aliphatic heterocycles. The Morgan fingerprint density at radius 2 is 1.58 bits per heavy atom. The summed E-state index contributed by atoms with van der Waals surface area (Å²) >= 11 is 0. The number of carbonyl (C=O) groups is 2. The van der Waals surface area contributed by atoms with Crippen molar-refractivity contribution >= 4 is 17.6 Å².